The maximum absolute atomic E-state index is 6.00. The number of rotatable bonds is 7. The van der Waals surface area contributed by atoms with E-state index in [0.29, 0.717) is 24.2 Å². The van der Waals surface area contributed by atoms with Crippen LogP contribution in [-0.4, -0.2) is 59.2 Å². The first-order chi connectivity index (χ1) is 9.78. The molecule has 20 heavy (non-hydrogen) atoms. The molecule has 0 radical (unpaired) electrons. The van der Waals surface area contributed by atoms with Gasteiger partial charge in [-0.25, -0.2) is 9.97 Å². The molecule has 0 aromatic carbocycles. The second-order valence-corrected chi connectivity index (χ2v) is 6.12. The van der Waals surface area contributed by atoms with Crippen LogP contribution in [0.4, 0.5) is 5.82 Å². The van der Waals surface area contributed by atoms with E-state index in [1.54, 1.807) is 6.07 Å². The molecule has 1 aromatic heterocycles. The number of ether oxygens (including phenoxy) is 1. The monoisotopic (exact) mass is 316 g/mol. The van der Waals surface area contributed by atoms with E-state index in [4.69, 9.17) is 16.3 Å². The summed E-state index contributed by atoms with van der Waals surface area (Å²) in [6.07, 6.45) is 0. The van der Waals surface area contributed by atoms with E-state index in [9.17, 15) is 0 Å². The van der Waals surface area contributed by atoms with E-state index in [2.05, 4.69) is 20.2 Å². The lowest BCUT2D eigenvalue weighted by atomic mass is 10.4. The van der Waals surface area contributed by atoms with Gasteiger partial charge in [0.1, 0.15) is 17.6 Å². The molecule has 1 fully saturated rings. The molecule has 2 heterocycles. The fourth-order valence-electron chi connectivity index (χ4n) is 1.98. The molecule has 1 N–H and O–H groups in total. The van der Waals surface area contributed by atoms with Crippen LogP contribution in [0.15, 0.2) is 6.07 Å². The van der Waals surface area contributed by atoms with Gasteiger partial charge < -0.3 is 10.1 Å². The lowest BCUT2D eigenvalue weighted by Gasteiger charge is -2.26. The Bertz CT molecular complexity index is 415. The average molecular weight is 317 g/mol. The van der Waals surface area contributed by atoms with Gasteiger partial charge in [0.2, 0.25) is 0 Å². The zero-order valence-corrected chi connectivity index (χ0v) is 13.3. The van der Waals surface area contributed by atoms with Crippen molar-refractivity contribution in [2.45, 2.75) is 13.5 Å². The molecular weight excluding hydrogens is 296 g/mol. The molecule has 1 aliphatic rings. The van der Waals surface area contributed by atoms with Crippen LogP contribution < -0.4 is 5.32 Å². The van der Waals surface area contributed by atoms with Gasteiger partial charge in [-0.1, -0.05) is 11.6 Å². The van der Waals surface area contributed by atoms with E-state index in [1.807, 2.05) is 18.7 Å². The fraction of sp³-hybridized carbons (Fsp3) is 0.692. The summed E-state index contributed by atoms with van der Waals surface area (Å²) in [7, 11) is 0. The van der Waals surface area contributed by atoms with Crippen molar-refractivity contribution in [3.8, 4) is 0 Å². The Hall–Kier alpha value is -0.560. The Kier molecular flexibility index (Phi) is 6.86. The van der Waals surface area contributed by atoms with Crippen LogP contribution in [0.1, 0.15) is 12.7 Å². The SMILES string of the molecule is CCOCc1nc(Cl)cc(NCCN2CCSCC2)n1. The fourth-order valence-corrected chi connectivity index (χ4v) is 3.16. The number of hydrogen-bond acceptors (Lipinski definition) is 6. The molecule has 1 aromatic rings. The molecule has 0 amide bonds. The van der Waals surface area contributed by atoms with E-state index in [0.717, 1.165) is 18.9 Å². The highest BCUT2D eigenvalue weighted by atomic mass is 35.5. The van der Waals surface area contributed by atoms with Gasteiger partial charge in [0.15, 0.2) is 5.82 Å². The molecule has 0 spiro atoms. The average Bonchev–Trinajstić information content (AvgIpc) is 2.46. The molecule has 2 rings (SSSR count). The summed E-state index contributed by atoms with van der Waals surface area (Å²) in [5, 5.41) is 3.76. The van der Waals surface area contributed by atoms with Crippen molar-refractivity contribution in [2.75, 3.05) is 49.6 Å². The lowest BCUT2D eigenvalue weighted by Crippen LogP contribution is -2.36. The van der Waals surface area contributed by atoms with Crippen molar-refractivity contribution < 1.29 is 4.74 Å². The topological polar surface area (TPSA) is 50.3 Å². The van der Waals surface area contributed by atoms with Crippen LogP contribution in [0.2, 0.25) is 5.15 Å². The summed E-state index contributed by atoms with van der Waals surface area (Å²) in [6.45, 7) is 7.23. The second-order valence-electron chi connectivity index (χ2n) is 4.51. The van der Waals surface area contributed by atoms with E-state index in [1.165, 1.54) is 24.6 Å². The molecule has 7 heteroatoms. The Labute approximate surface area is 129 Å². The Morgan fingerprint density at radius 2 is 2.20 bits per heavy atom. The minimum Gasteiger partial charge on any atom is -0.374 e. The zero-order chi connectivity index (χ0) is 14.2. The normalized spacial score (nSPS) is 16.3. The highest BCUT2D eigenvalue weighted by molar-refractivity contribution is 7.99. The number of thioether (sulfide) groups is 1. The summed E-state index contributed by atoms with van der Waals surface area (Å²) >= 11 is 8.02. The van der Waals surface area contributed by atoms with Crippen molar-refractivity contribution in [3.05, 3.63) is 17.0 Å². The smallest absolute Gasteiger partial charge is 0.158 e. The zero-order valence-electron chi connectivity index (χ0n) is 11.8. The van der Waals surface area contributed by atoms with Crippen molar-refractivity contribution in [1.82, 2.24) is 14.9 Å². The summed E-state index contributed by atoms with van der Waals surface area (Å²) in [5.74, 6) is 3.86. The predicted molar refractivity (Wildman–Crippen MR) is 84.6 cm³/mol. The van der Waals surface area contributed by atoms with Gasteiger partial charge in [-0.15, -0.1) is 0 Å². The van der Waals surface area contributed by atoms with Crippen LogP contribution in [0.3, 0.4) is 0 Å². The first kappa shape index (κ1) is 15.8. The minimum atomic E-state index is 0.398. The van der Waals surface area contributed by atoms with Gasteiger partial charge in [-0.05, 0) is 6.92 Å². The van der Waals surface area contributed by atoms with E-state index >= 15 is 0 Å². The third-order valence-corrected chi connectivity index (χ3v) is 4.15. The van der Waals surface area contributed by atoms with Crippen molar-refractivity contribution in [3.63, 3.8) is 0 Å². The number of anilines is 1. The molecule has 0 atom stereocenters. The maximum Gasteiger partial charge on any atom is 0.158 e. The number of hydrogen-bond donors (Lipinski definition) is 1. The molecule has 0 bridgehead atoms. The van der Waals surface area contributed by atoms with Gasteiger partial charge in [0, 0.05) is 50.4 Å². The Balaban J connectivity index is 1.80. The standard InChI is InChI=1S/C13H21ClN4OS/c1-2-19-10-13-16-11(14)9-12(17-13)15-3-4-18-5-7-20-8-6-18/h9H,2-8,10H2,1H3,(H,15,16,17). The summed E-state index contributed by atoms with van der Waals surface area (Å²) in [4.78, 5) is 11.0. The quantitative estimate of drug-likeness (QED) is 0.778. The second kappa shape index (κ2) is 8.67. The van der Waals surface area contributed by atoms with E-state index < -0.39 is 0 Å². The molecule has 0 saturated carbocycles. The van der Waals surface area contributed by atoms with Crippen LogP contribution in [0, 0.1) is 0 Å². The predicted octanol–water partition coefficient (Wildman–Crippen LogP) is 2.13. The highest BCUT2D eigenvalue weighted by Crippen LogP contribution is 2.12. The molecule has 1 saturated heterocycles. The van der Waals surface area contributed by atoms with Crippen molar-refractivity contribution >= 4 is 29.2 Å². The molecule has 112 valence electrons. The third kappa shape index (κ3) is 5.44. The number of aromatic nitrogens is 2. The van der Waals surface area contributed by atoms with Crippen LogP contribution in [-0.2, 0) is 11.3 Å². The van der Waals surface area contributed by atoms with Gasteiger partial charge >= 0.3 is 0 Å². The Morgan fingerprint density at radius 1 is 1.40 bits per heavy atom. The van der Waals surface area contributed by atoms with Crippen molar-refractivity contribution in [2.24, 2.45) is 0 Å². The highest BCUT2D eigenvalue weighted by Gasteiger charge is 2.09. The first-order valence-corrected chi connectivity index (χ1v) is 8.46. The largest absolute Gasteiger partial charge is 0.374 e. The number of nitrogens with zero attached hydrogens (tertiary/aromatic N) is 3. The summed E-state index contributed by atoms with van der Waals surface area (Å²) < 4.78 is 5.31. The lowest BCUT2D eigenvalue weighted by molar-refractivity contribution is 0.128. The van der Waals surface area contributed by atoms with Gasteiger partial charge in [0.05, 0.1) is 0 Å². The molecule has 0 aliphatic carbocycles. The van der Waals surface area contributed by atoms with Crippen LogP contribution >= 0.6 is 23.4 Å². The summed E-state index contributed by atoms with van der Waals surface area (Å²) in [6, 6.07) is 1.75. The van der Waals surface area contributed by atoms with Gasteiger partial charge in [-0.2, -0.15) is 11.8 Å². The molecule has 5 nitrogen and oxygen atoms in total. The summed E-state index contributed by atoms with van der Waals surface area (Å²) in [5.41, 5.74) is 0. The first-order valence-electron chi connectivity index (χ1n) is 6.93. The number of nitrogens with one attached hydrogen (secondary N) is 1. The Morgan fingerprint density at radius 3 is 2.95 bits per heavy atom. The van der Waals surface area contributed by atoms with E-state index in [-0.39, 0.29) is 0 Å². The van der Waals surface area contributed by atoms with Crippen LogP contribution in [0.5, 0.6) is 0 Å². The van der Waals surface area contributed by atoms with Crippen LogP contribution in [0.25, 0.3) is 0 Å². The molecule has 1 aliphatic heterocycles. The third-order valence-electron chi connectivity index (χ3n) is 3.01. The minimum absolute atomic E-state index is 0.398. The van der Waals surface area contributed by atoms with Crippen molar-refractivity contribution in [1.29, 1.82) is 0 Å². The van der Waals surface area contributed by atoms with Gasteiger partial charge in [-0.3, -0.25) is 4.90 Å². The molecule has 0 unspecified atom stereocenters. The maximum atomic E-state index is 6.00. The molecular formula is C13H21ClN4OS. The van der Waals surface area contributed by atoms with Gasteiger partial charge in [0.25, 0.3) is 0 Å². The number of halogens is 1.